The summed E-state index contributed by atoms with van der Waals surface area (Å²) >= 11 is 0. The lowest BCUT2D eigenvalue weighted by Gasteiger charge is -2.44. The van der Waals surface area contributed by atoms with Crippen molar-refractivity contribution in [3.8, 4) is 5.75 Å². The number of para-hydroxylation sites is 2. The van der Waals surface area contributed by atoms with Crippen LogP contribution in [0.3, 0.4) is 0 Å². The number of rotatable bonds is 7. The van der Waals surface area contributed by atoms with Crippen LogP contribution in [0.5, 0.6) is 5.75 Å². The number of ether oxygens (including phenoxy) is 1. The van der Waals surface area contributed by atoms with Gasteiger partial charge in [0, 0.05) is 24.9 Å². The summed E-state index contributed by atoms with van der Waals surface area (Å²) in [4.78, 5) is 12.9. The molecule has 1 amide bonds. The van der Waals surface area contributed by atoms with Gasteiger partial charge < -0.3 is 10.1 Å². The van der Waals surface area contributed by atoms with Crippen LogP contribution in [0.2, 0.25) is 0 Å². The van der Waals surface area contributed by atoms with Gasteiger partial charge >= 0.3 is 0 Å². The summed E-state index contributed by atoms with van der Waals surface area (Å²) in [5, 5.41) is 3.22. The molecule has 1 aliphatic heterocycles. The Morgan fingerprint density at radius 3 is 2.52 bits per heavy atom. The van der Waals surface area contributed by atoms with Crippen LogP contribution in [0.25, 0.3) is 0 Å². The SMILES string of the molecule is Cc1ccccc1N(CCCC(=O)N[C@H]1CC2(CCCCC2)Oc2ccccc21)S(C)(=O)=O. The minimum Gasteiger partial charge on any atom is -0.487 e. The van der Waals surface area contributed by atoms with Crippen LogP contribution in [0.15, 0.2) is 48.5 Å². The number of sulfonamides is 1. The van der Waals surface area contributed by atoms with Crippen molar-refractivity contribution in [2.45, 2.75) is 69.9 Å². The average molecular weight is 471 g/mol. The molecule has 1 aliphatic carbocycles. The van der Waals surface area contributed by atoms with E-state index in [0.29, 0.717) is 12.1 Å². The van der Waals surface area contributed by atoms with E-state index in [-0.39, 0.29) is 30.5 Å². The molecule has 7 heteroatoms. The first-order valence-electron chi connectivity index (χ1n) is 11.9. The zero-order valence-electron chi connectivity index (χ0n) is 19.5. The topological polar surface area (TPSA) is 75.7 Å². The summed E-state index contributed by atoms with van der Waals surface area (Å²) in [5.74, 6) is 0.819. The Labute approximate surface area is 197 Å². The Hall–Kier alpha value is -2.54. The van der Waals surface area contributed by atoms with Gasteiger partial charge in [0.2, 0.25) is 15.9 Å². The molecule has 1 N–H and O–H groups in total. The van der Waals surface area contributed by atoms with Crippen LogP contribution in [-0.4, -0.2) is 32.7 Å². The van der Waals surface area contributed by atoms with Crippen LogP contribution in [-0.2, 0) is 14.8 Å². The fourth-order valence-electron chi connectivity index (χ4n) is 5.21. The molecule has 2 aromatic rings. The highest BCUT2D eigenvalue weighted by Crippen LogP contribution is 2.46. The molecule has 4 rings (SSSR count). The molecule has 33 heavy (non-hydrogen) atoms. The fourth-order valence-corrected chi connectivity index (χ4v) is 6.23. The lowest BCUT2D eigenvalue weighted by molar-refractivity contribution is -0.122. The molecule has 6 nitrogen and oxygen atoms in total. The van der Waals surface area contributed by atoms with Crippen molar-refractivity contribution in [2.75, 3.05) is 17.1 Å². The smallest absolute Gasteiger partial charge is 0.232 e. The molecular weight excluding hydrogens is 436 g/mol. The van der Waals surface area contributed by atoms with E-state index in [4.69, 9.17) is 4.74 Å². The van der Waals surface area contributed by atoms with Gasteiger partial charge in [-0.3, -0.25) is 9.10 Å². The van der Waals surface area contributed by atoms with Crippen molar-refractivity contribution in [3.63, 3.8) is 0 Å². The lowest BCUT2D eigenvalue weighted by atomic mass is 9.77. The zero-order valence-corrected chi connectivity index (χ0v) is 20.4. The van der Waals surface area contributed by atoms with Crippen molar-refractivity contribution in [2.24, 2.45) is 0 Å². The average Bonchev–Trinajstić information content (AvgIpc) is 2.77. The molecule has 0 saturated heterocycles. The molecule has 1 fully saturated rings. The minimum atomic E-state index is -3.44. The third kappa shape index (κ3) is 5.52. The summed E-state index contributed by atoms with van der Waals surface area (Å²) < 4.78 is 32.7. The molecular formula is C26H34N2O4S. The maximum absolute atomic E-state index is 12.9. The van der Waals surface area contributed by atoms with Gasteiger partial charge in [0.25, 0.3) is 0 Å². The second kappa shape index (κ2) is 9.75. The highest BCUT2D eigenvalue weighted by atomic mass is 32.2. The van der Waals surface area contributed by atoms with Gasteiger partial charge in [-0.2, -0.15) is 0 Å². The number of anilines is 1. The summed E-state index contributed by atoms with van der Waals surface area (Å²) in [6.07, 6.45) is 8.30. The van der Waals surface area contributed by atoms with Crippen LogP contribution < -0.4 is 14.4 Å². The van der Waals surface area contributed by atoms with E-state index in [0.717, 1.165) is 49.0 Å². The zero-order chi connectivity index (χ0) is 23.5. The second-order valence-electron chi connectivity index (χ2n) is 9.43. The van der Waals surface area contributed by atoms with Gasteiger partial charge in [0.1, 0.15) is 11.4 Å². The van der Waals surface area contributed by atoms with Crippen LogP contribution in [0.1, 0.15) is 68.5 Å². The number of hydrogen-bond donors (Lipinski definition) is 1. The van der Waals surface area contributed by atoms with E-state index in [9.17, 15) is 13.2 Å². The number of aryl methyl sites for hydroxylation is 1. The maximum Gasteiger partial charge on any atom is 0.232 e. The summed E-state index contributed by atoms with van der Waals surface area (Å²) in [5.41, 5.74) is 2.39. The van der Waals surface area contributed by atoms with Gasteiger partial charge in [0.15, 0.2) is 0 Å². The maximum atomic E-state index is 12.9. The van der Waals surface area contributed by atoms with Crippen LogP contribution in [0.4, 0.5) is 5.69 Å². The van der Waals surface area contributed by atoms with Crippen molar-refractivity contribution in [1.29, 1.82) is 0 Å². The number of nitrogens with one attached hydrogen (secondary N) is 1. The van der Waals surface area contributed by atoms with E-state index >= 15 is 0 Å². The number of hydrogen-bond acceptors (Lipinski definition) is 4. The van der Waals surface area contributed by atoms with Crippen molar-refractivity contribution < 1.29 is 17.9 Å². The lowest BCUT2D eigenvalue weighted by Crippen LogP contribution is -2.46. The van der Waals surface area contributed by atoms with Gasteiger partial charge in [-0.05, 0) is 56.7 Å². The molecule has 0 unspecified atom stereocenters. The molecule has 2 aliphatic rings. The standard InChI is InChI=1S/C26H34N2O4S/c1-20-11-4-6-13-23(20)28(33(2,30)31)18-10-15-25(29)27-22-19-26(16-8-3-9-17-26)32-24-14-7-5-12-21(22)24/h4-7,11-14,22H,3,8-10,15-19H2,1-2H3,(H,27,29)/t22-/m0/s1. The largest absolute Gasteiger partial charge is 0.487 e. The van der Waals surface area contributed by atoms with Crippen molar-refractivity contribution in [3.05, 3.63) is 59.7 Å². The molecule has 178 valence electrons. The summed E-state index contributed by atoms with van der Waals surface area (Å²) in [7, 11) is -3.44. The van der Waals surface area contributed by atoms with E-state index < -0.39 is 10.0 Å². The van der Waals surface area contributed by atoms with E-state index in [1.165, 1.54) is 17.0 Å². The van der Waals surface area contributed by atoms with Crippen LogP contribution in [0, 0.1) is 6.92 Å². The third-order valence-electron chi connectivity index (χ3n) is 6.85. The second-order valence-corrected chi connectivity index (χ2v) is 11.3. The van der Waals surface area contributed by atoms with Gasteiger partial charge in [-0.1, -0.05) is 42.8 Å². The molecule has 1 spiro atoms. The molecule has 0 aromatic heterocycles. The number of fused-ring (bicyclic) bond motifs is 1. The predicted molar refractivity (Wildman–Crippen MR) is 131 cm³/mol. The Morgan fingerprint density at radius 2 is 1.79 bits per heavy atom. The number of carbonyl (C=O) groups is 1. The summed E-state index contributed by atoms with van der Waals surface area (Å²) in [6.45, 7) is 2.16. The normalized spacial score (nSPS) is 19.4. The Balaban J connectivity index is 1.41. The number of benzene rings is 2. The molecule has 0 radical (unpaired) electrons. The monoisotopic (exact) mass is 470 g/mol. The number of carbonyl (C=O) groups excluding carboxylic acids is 1. The summed E-state index contributed by atoms with van der Waals surface area (Å²) in [6, 6.07) is 15.3. The quantitative estimate of drug-likeness (QED) is 0.626. The van der Waals surface area contributed by atoms with Crippen molar-refractivity contribution in [1.82, 2.24) is 5.32 Å². The Kier molecular flexibility index (Phi) is 6.98. The van der Waals surface area contributed by atoms with E-state index in [1.54, 1.807) is 6.07 Å². The molecule has 1 heterocycles. The molecule has 1 atom stereocenters. The number of amides is 1. The first kappa shape index (κ1) is 23.6. The number of nitrogens with zero attached hydrogens (tertiary/aromatic N) is 1. The highest BCUT2D eigenvalue weighted by molar-refractivity contribution is 7.92. The molecule has 0 bridgehead atoms. The first-order chi connectivity index (χ1) is 15.8. The van der Waals surface area contributed by atoms with Crippen LogP contribution >= 0.6 is 0 Å². The third-order valence-corrected chi connectivity index (χ3v) is 8.03. The fraction of sp³-hybridized carbons (Fsp3) is 0.500. The van der Waals surface area contributed by atoms with Gasteiger partial charge in [-0.15, -0.1) is 0 Å². The molecule has 1 saturated carbocycles. The van der Waals surface area contributed by atoms with E-state index in [2.05, 4.69) is 5.32 Å². The highest BCUT2D eigenvalue weighted by Gasteiger charge is 2.42. The predicted octanol–water partition coefficient (Wildman–Crippen LogP) is 4.88. The minimum absolute atomic E-state index is 0.0547. The first-order valence-corrected chi connectivity index (χ1v) is 13.7. The molecule has 2 aromatic carbocycles. The van der Waals surface area contributed by atoms with Crippen molar-refractivity contribution >= 4 is 21.6 Å². The Bertz CT molecular complexity index is 1090. The van der Waals surface area contributed by atoms with Gasteiger partial charge in [-0.25, -0.2) is 8.42 Å². The van der Waals surface area contributed by atoms with E-state index in [1.807, 2.05) is 49.4 Å². The Morgan fingerprint density at radius 1 is 1.09 bits per heavy atom. The van der Waals surface area contributed by atoms with Gasteiger partial charge in [0.05, 0.1) is 18.0 Å².